The lowest BCUT2D eigenvalue weighted by Crippen LogP contribution is -2.24. The van der Waals surface area contributed by atoms with Gasteiger partial charge in [0.25, 0.3) is 5.56 Å². The Bertz CT molecular complexity index is 362. The van der Waals surface area contributed by atoms with Crippen LogP contribution in [0.5, 0.6) is 0 Å². The van der Waals surface area contributed by atoms with Crippen molar-refractivity contribution in [2.24, 2.45) is 0 Å². The van der Waals surface area contributed by atoms with Gasteiger partial charge in [-0.15, -0.1) is 0 Å². The maximum atomic E-state index is 11.5. The van der Waals surface area contributed by atoms with E-state index in [0.29, 0.717) is 13.2 Å². The molecule has 1 rings (SSSR count). The molecule has 0 aliphatic carbocycles. The Morgan fingerprint density at radius 2 is 2.31 bits per heavy atom. The second kappa shape index (κ2) is 7.14. The van der Waals surface area contributed by atoms with E-state index >= 15 is 0 Å². The summed E-state index contributed by atoms with van der Waals surface area (Å²) >= 11 is 0. The molecule has 0 amide bonds. The maximum absolute atomic E-state index is 11.5. The lowest BCUT2D eigenvalue weighted by atomic mass is 10.4. The van der Waals surface area contributed by atoms with Gasteiger partial charge in [0.1, 0.15) is 0 Å². The molecule has 1 N–H and O–H groups in total. The van der Waals surface area contributed by atoms with E-state index in [9.17, 15) is 4.79 Å². The summed E-state index contributed by atoms with van der Waals surface area (Å²) < 4.78 is 6.54. The van der Waals surface area contributed by atoms with E-state index in [1.807, 2.05) is 6.92 Å². The normalized spacial score (nSPS) is 10.6. The van der Waals surface area contributed by atoms with Crippen LogP contribution in [0.1, 0.15) is 12.1 Å². The molecular weight excluding hydrogens is 206 g/mol. The molecule has 0 saturated carbocycles. The summed E-state index contributed by atoms with van der Waals surface area (Å²) in [5.74, 6) is 0. The molecule has 0 radical (unpaired) electrons. The van der Waals surface area contributed by atoms with Gasteiger partial charge in [-0.2, -0.15) is 0 Å². The average Bonchev–Trinajstić information content (AvgIpc) is 2.26. The largest absolute Gasteiger partial charge is 0.383 e. The molecule has 1 heterocycles. The fraction of sp³-hybridized carbons (Fsp3) is 0.636. The third-order valence-electron chi connectivity index (χ3n) is 2.25. The molecule has 16 heavy (non-hydrogen) atoms. The molecule has 0 unspecified atom stereocenters. The fourth-order valence-corrected chi connectivity index (χ4v) is 1.36. The van der Waals surface area contributed by atoms with Crippen molar-refractivity contribution in [1.82, 2.24) is 14.9 Å². The molecule has 90 valence electrons. The Morgan fingerprint density at radius 1 is 1.50 bits per heavy atom. The molecule has 0 saturated heterocycles. The van der Waals surface area contributed by atoms with E-state index in [-0.39, 0.29) is 5.56 Å². The van der Waals surface area contributed by atoms with Crippen molar-refractivity contribution in [3.63, 3.8) is 0 Å². The van der Waals surface area contributed by atoms with Crippen molar-refractivity contribution in [1.29, 1.82) is 0 Å². The minimum Gasteiger partial charge on any atom is -0.383 e. The highest BCUT2D eigenvalue weighted by Crippen LogP contribution is 1.87. The minimum absolute atomic E-state index is 0.0180. The predicted molar refractivity (Wildman–Crippen MR) is 62.6 cm³/mol. The van der Waals surface area contributed by atoms with Crippen molar-refractivity contribution < 1.29 is 4.74 Å². The molecule has 0 aliphatic heterocycles. The summed E-state index contributed by atoms with van der Waals surface area (Å²) in [6.45, 7) is 4.96. The summed E-state index contributed by atoms with van der Waals surface area (Å²) in [6, 6.07) is 1.55. The number of aromatic nitrogens is 2. The van der Waals surface area contributed by atoms with Gasteiger partial charge in [-0.1, -0.05) is 0 Å². The number of rotatable bonds is 7. The number of hydrogen-bond acceptors (Lipinski definition) is 4. The molecule has 5 heteroatoms. The van der Waals surface area contributed by atoms with Gasteiger partial charge in [0, 0.05) is 32.0 Å². The maximum Gasteiger partial charge on any atom is 0.253 e. The average molecular weight is 225 g/mol. The number of methoxy groups -OCH3 is 1. The SMILES string of the molecule is COCCNCCCn1cnc(C)cc1=O. The van der Waals surface area contributed by atoms with E-state index in [1.54, 1.807) is 24.1 Å². The fourth-order valence-electron chi connectivity index (χ4n) is 1.36. The molecule has 0 aromatic carbocycles. The number of aryl methyl sites for hydroxylation is 2. The summed E-state index contributed by atoms with van der Waals surface area (Å²) in [4.78, 5) is 15.6. The number of hydrogen-bond donors (Lipinski definition) is 1. The van der Waals surface area contributed by atoms with Gasteiger partial charge >= 0.3 is 0 Å². The Hall–Kier alpha value is -1.20. The summed E-state index contributed by atoms with van der Waals surface area (Å²) in [5.41, 5.74) is 0.781. The van der Waals surface area contributed by atoms with E-state index in [2.05, 4.69) is 10.3 Å². The molecule has 0 aliphatic rings. The van der Waals surface area contributed by atoms with Gasteiger partial charge < -0.3 is 10.1 Å². The zero-order valence-corrected chi connectivity index (χ0v) is 9.90. The van der Waals surface area contributed by atoms with E-state index in [0.717, 1.165) is 25.2 Å². The van der Waals surface area contributed by atoms with Crippen LogP contribution >= 0.6 is 0 Å². The van der Waals surface area contributed by atoms with E-state index in [1.165, 1.54) is 0 Å². The second-order valence-corrected chi connectivity index (χ2v) is 3.66. The van der Waals surface area contributed by atoms with Crippen molar-refractivity contribution in [2.45, 2.75) is 19.9 Å². The van der Waals surface area contributed by atoms with Crippen LogP contribution in [0, 0.1) is 6.92 Å². The van der Waals surface area contributed by atoms with E-state index in [4.69, 9.17) is 4.74 Å². The van der Waals surface area contributed by atoms with Crippen LogP contribution < -0.4 is 10.9 Å². The highest BCUT2D eigenvalue weighted by Gasteiger charge is 1.96. The lowest BCUT2D eigenvalue weighted by molar-refractivity contribution is 0.199. The summed E-state index contributed by atoms with van der Waals surface area (Å²) in [5, 5.41) is 3.23. The summed E-state index contributed by atoms with van der Waals surface area (Å²) in [6.07, 6.45) is 2.52. The van der Waals surface area contributed by atoms with Crippen LogP contribution in [-0.2, 0) is 11.3 Å². The van der Waals surface area contributed by atoms with Crippen molar-refractivity contribution in [3.05, 3.63) is 28.4 Å². The molecular formula is C11H19N3O2. The highest BCUT2D eigenvalue weighted by molar-refractivity contribution is 4.95. The van der Waals surface area contributed by atoms with Crippen LogP contribution in [0.3, 0.4) is 0 Å². The quantitative estimate of drug-likeness (QED) is 0.672. The first kappa shape index (κ1) is 12.9. The molecule has 0 fully saturated rings. The molecule has 5 nitrogen and oxygen atoms in total. The lowest BCUT2D eigenvalue weighted by Gasteiger charge is -2.06. The van der Waals surface area contributed by atoms with Gasteiger partial charge in [0.15, 0.2) is 0 Å². The number of nitrogens with zero attached hydrogens (tertiary/aromatic N) is 2. The van der Waals surface area contributed by atoms with Gasteiger partial charge in [-0.05, 0) is 19.9 Å². The molecule has 0 spiro atoms. The molecule has 1 aromatic heterocycles. The Labute approximate surface area is 95.5 Å². The molecule has 0 bridgehead atoms. The van der Waals surface area contributed by atoms with Crippen LogP contribution in [0.25, 0.3) is 0 Å². The first-order valence-corrected chi connectivity index (χ1v) is 5.47. The second-order valence-electron chi connectivity index (χ2n) is 3.66. The van der Waals surface area contributed by atoms with Gasteiger partial charge in [-0.3, -0.25) is 9.36 Å². The van der Waals surface area contributed by atoms with Crippen LogP contribution in [-0.4, -0.2) is 36.4 Å². The highest BCUT2D eigenvalue weighted by atomic mass is 16.5. The standard InChI is InChI=1S/C11H19N3O2/c1-10-8-11(15)14(9-13-10)6-3-4-12-5-7-16-2/h8-9,12H,3-7H2,1-2H3. The Morgan fingerprint density at radius 3 is 3.00 bits per heavy atom. The first-order chi connectivity index (χ1) is 7.74. The topological polar surface area (TPSA) is 56.1 Å². The third-order valence-corrected chi connectivity index (χ3v) is 2.25. The van der Waals surface area contributed by atoms with Gasteiger partial charge in [0.2, 0.25) is 0 Å². The van der Waals surface area contributed by atoms with Crippen LogP contribution in [0.2, 0.25) is 0 Å². The van der Waals surface area contributed by atoms with Crippen molar-refractivity contribution in [3.8, 4) is 0 Å². The number of nitrogens with one attached hydrogen (secondary N) is 1. The molecule has 1 aromatic rings. The van der Waals surface area contributed by atoms with Gasteiger partial charge in [0.05, 0.1) is 12.9 Å². The smallest absolute Gasteiger partial charge is 0.253 e. The Balaban J connectivity index is 2.24. The third kappa shape index (κ3) is 4.55. The number of ether oxygens (including phenoxy) is 1. The zero-order chi connectivity index (χ0) is 11.8. The molecule has 0 atom stereocenters. The van der Waals surface area contributed by atoms with Crippen molar-refractivity contribution in [2.75, 3.05) is 26.8 Å². The van der Waals surface area contributed by atoms with Crippen LogP contribution in [0.4, 0.5) is 0 Å². The first-order valence-electron chi connectivity index (χ1n) is 5.47. The monoisotopic (exact) mass is 225 g/mol. The Kier molecular flexibility index (Phi) is 5.74. The van der Waals surface area contributed by atoms with E-state index < -0.39 is 0 Å². The van der Waals surface area contributed by atoms with Crippen molar-refractivity contribution >= 4 is 0 Å². The predicted octanol–water partition coefficient (Wildman–Crippen LogP) is 0.178. The summed E-state index contributed by atoms with van der Waals surface area (Å²) in [7, 11) is 1.68. The van der Waals surface area contributed by atoms with Crippen LogP contribution in [0.15, 0.2) is 17.2 Å². The zero-order valence-electron chi connectivity index (χ0n) is 9.90. The van der Waals surface area contributed by atoms with Gasteiger partial charge in [-0.25, -0.2) is 4.98 Å². The minimum atomic E-state index is 0.0180.